The number of hydrogen-bond acceptors (Lipinski definition) is 3. The number of hydrogen-bond donors (Lipinski definition) is 0. The van der Waals surface area contributed by atoms with Gasteiger partial charge >= 0.3 is 24.6 Å². The van der Waals surface area contributed by atoms with Crippen molar-refractivity contribution in [3.63, 3.8) is 0 Å². The molecule has 190 valence electrons. The van der Waals surface area contributed by atoms with Crippen LogP contribution < -0.4 is 4.90 Å². The molecule has 1 aliphatic rings. The Balaban J connectivity index is 2.15. The van der Waals surface area contributed by atoms with Crippen LogP contribution >= 0.6 is 0 Å². The fraction of sp³-hybridized carbons (Fsp3) is 0.364. The first-order valence-electron chi connectivity index (χ1n) is 10.0. The van der Waals surface area contributed by atoms with Crippen molar-refractivity contribution < 1.29 is 53.8 Å². The molecule has 2 aromatic rings. The molecule has 0 saturated carbocycles. The monoisotopic (exact) mass is 513 g/mol. The Kier molecular flexibility index (Phi) is 6.84. The first-order valence-corrected chi connectivity index (χ1v) is 10.0. The van der Waals surface area contributed by atoms with Crippen LogP contribution in [0, 0.1) is 0 Å². The van der Waals surface area contributed by atoms with Crippen molar-refractivity contribution in [1.82, 2.24) is 0 Å². The number of ether oxygens (including phenoxy) is 1. The predicted octanol–water partition coefficient (Wildman–Crippen LogP) is 7.08. The van der Waals surface area contributed by atoms with E-state index in [4.69, 9.17) is 4.74 Å². The standard InChI is InChI=1S/C22H16F9NO3/c1-2-35-19(34)32-6-5-15(16-10-12(20(23,24)25)3-4-17(16)32)18(33)11-7-13(21(26,27)28)9-14(8-11)22(29,30)31/h3-4,7-10,15H,2,5-6H2,1H3. The maximum Gasteiger partial charge on any atom is 0.416 e. The molecule has 2 aromatic carbocycles. The van der Waals surface area contributed by atoms with Crippen molar-refractivity contribution >= 4 is 17.6 Å². The second-order valence-corrected chi connectivity index (χ2v) is 7.62. The second-order valence-electron chi connectivity index (χ2n) is 7.62. The van der Waals surface area contributed by atoms with E-state index in [-0.39, 0.29) is 49.0 Å². The summed E-state index contributed by atoms with van der Waals surface area (Å²) in [4.78, 5) is 26.3. The predicted molar refractivity (Wildman–Crippen MR) is 104 cm³/mol. The molecule has 13 heteroatoms. The normalized spacial score (nSPS) is 16.6. The number of amides is 1. The minimum absolute atomic E-state index is 0.0713. The van der Waals surface area contributed by atoms with Crippen LogP contribution in [0.5, 0.6) is 0 Å². The SMILES string of the molecule is CCOC(=O)N1CCC(C(=O)c2cc(C(F)(F)F)cc(C(F)(F)F)c2)c2cc(C(F)(F)F)ccc21. The third-order valence-corrected chi connectivity index (χ3v) is 5.34. The van der Waals surface area contributed by atoms with Crippen molar-refractivity contribution in [2.45, 2.75) is 37.8 Å². The number of carbonyl (C=O) groups is 2. The zero-order valence-corrected chi connectivity index (χ0v) is 17.7. The molecular formula is C22H16F9NO3. The number of halogens is 9. The minimum Gasteiger partial charge on any atom is -0.449 e. The van der Waals surface area contributed by atoms with Gasteiger partial charge in [0.25, 0.3) is 0 Å². The molecule has 0 N–H and O–H groups in total. The van der Waals surface area contributed by atoms with E-state index in [0.29, 0.717) is 12.1 Å². The Hall–Kier alpha value is -3.25. The lowest BCUT2D eigenvalue weighted by Crippen LogP contribution is -2.38. The highest BCUT2D eigenvalue weighted by atomic mass is 19.4. The fourth-order valence-electron chi connectivity index (χ4n) is 3.75. The van der Waals surface area contributed by atoms with Crippen LogP contribution in [0.25, 0.3) is 0 Å². The van der Waals surface area contributed by atoms with Crippen LogP contribution in [0.1, 0.15) is 51.9 Å². The smallest absolute Gasteiger partial charge is 0.416 e. The third kappa shape index (κ3) is 5.54. The Morgan fingerprint density at radius 3 is 1.89 bits per heavy atom. The van der Waals surface area contributed by atoms with Gasteiger partial charge in [0.15, 0.2) is 5.78 Å². The van der Waals surface area contributed by atoms with E-state index in [9.17, 15) is 49.1 Å². The average molecular weight is 513 g/mol. The minimum atomic E-state index is -5.22. The van der Waals surface area contributed by atoms with E-state index in [1.54, 1.807) is 0 Å². The summed E-state index contributed by atoms with van der Waals surface area (Å²) in [6.07, 6.45) is -16.6. The van der Waals surface area contributed by atoms with E-state index in [1.807, 2.05) is 0 Å². The Labute approximate surface area is 192 Å². The number of benzene rings is 2. The van der Waals surface area contributed by atoms with Gasteiger partial charge in [-0.25, -0.2) is 4.79 Å². The Morgan fingerprint density at radius 2 is 1.40 bits per heavy atom. The highest BCUT2D eigenvalue weighted by Crippen LogP contribution is 2.43. The molecular weight excluding hydrogens is 497 g/mol. The highest BCUT2D eigenvalue weighted by Gasteiger charge is 2.41. The third-order valence-electron chi connectivity index (χ3n) is 5.34. The molecule has 1 heterocycles. The van der Waals surface area contributed by atoms with Gasteiger partial charge in [0.2, 0.25) is 0 Å². The average Bonchev–Trinajstić information content (AvgIpc) is 2.75. The summed E-state index contributed by atoms with van der Waals surface area (Å²) in [5.41, 5.74) is -6.17. The Morgan fingerprint density at radius 1 is 0.857 bits per heavy atom. The molecule has 3 rings (SSSR count). The number of rotatable bonds is 3. The maximum atomic E-state index is 13.3. The molecule has 1 amide bonds. The van der Waals surface area contributed by atoms with Gasteiger partial charge in [-0.1, -0.05) is 0 Å². The highest BCUT2D eigenvalue weighted by molar-refractivity contribution is 6.03. The van der Waals surface area contributed by atoms with Gasteiger partial charge in [-0.2, -0.15) is 39.5 Å². The second kappa shape index (κ2) is 9.08. The van der Waals surface area contributed by atoms with Crippen LogP contribution in [0.3, 0.4) is 0 Å². The molecule has 0 spiro atoms. The van der Waals surface area contributed by atoms with E-state index >= 15 is 0 Å². The van der Waals surface area contributed by atoms with Gasteiger partial charge in [-0.15, -0.1) is 0 Å². The molecule has 0 saturated heterocycles. The van der Waals surface area contributed by atoms with Crippen molar-refractivity contribution in [3.8, 4) is 0 Å². The van der Waals surface area contributed by atoms with Crippen LogP contribution in [0.2, 0.25) is 0 Å². The number of carbonyl (C=O) groups excluding carboxylic acids is 2. The van der Waals surface area contributed by atoms with Gasteiger partial charge in [0.1, 0.15) is 0 Å². The molecule has 1 unspecified atom stereocenters. The van der Waals surface area contributed by atoms with Crippen LogP contribution in [-0.4, -0.2) is 25.0 Å². The Bertz CT molecular complexity index is 1100. The number of Topliss-reactive ketones (excluding diaryl/α,β-unsaturated/α-hetero) is 1. The van der Waals surface area contributed by atoms with Crippen LogP contribution in [0.4, 0.5) is 50.0 Å². The molecule has 0 aliphatic carbocycles. The molecule has 0 aromatic heterocycles. The lowest BCUT2D eigenvalue weighted by molar-refractivity contribution is -0.143. The first-order chi connectivity index (χ1) is 16.0. The summed E-state index contributed by atoms with van der Waals surface area (Å²) in [6.45, 7) is 1.14. The molecule has 0 radical (unpaired) electrons. The molecule has 1 aliphatic heterocycles. The largest absolute Gasteiger partial charge is 0.449 e. The summed E-state index contributed by atoms with van der Waals surface area (Å²) in [5, 5.41) is 0. The quantitative estimate of drug-likeness (QED) is 0.326. The number of ketones is 1. The van der Waals surface area contributed by atoms with E-state index in [2.05, 4.69) is 0 Å². The summed E-state index contributed by atoms with van der Waals surface area (Å²) < 4.78 is 124. The van der Waals surface area contributed by atoms with E-state index in [0.717, 1.165) is 11.0 Å². The number of fused-ring (bicyclic) bond motifs is 1. The van der Waals surface area contributed by atoms with Gasteiger partial charge in [-0.3, -0.25) is 9.69 Å². The van der Waals surface area contributed by atoms with E-state index < -0.39 is 58.6 Å². The van der Waals surface area contributed by atoms with Crippen molar-refractivity contribution in [2.75, 3.05) is 18.1 Å². The summed E-state index contributed by atoms with van der Waals surface area (Å²) in [6, 6.07) is 2.40. The van der Waals surface area contributed by atoms with E-state index in [1.165, 1.54) is 6.92 Å². The number of anilines is 1. The summed E-state index contributed by atoms with van der Waals surface area (Å²) >= 11 is 0. The van der Waals surface area contributed by atoms with Crippen LogP contribution in [0.15, 0.2) is 36.4 Å². The van der Waals surface area contributed by atoms with Crippen molar-refractivity contribution in [3.05, 3.63) is 64.2 Å². The fourth-order valence-corrected chi connectivity index (χ4v) is 3.75. The molecule has 0 fully saturated rings. The maximum absolute atomic E-state index is 13.3. The zero-order chi connectivity index (χ0) is 26.3. The summed E-state index contributed by atoms with van der Waals surface area (Å²) in [5.74, 6) is -2.78. The van der Waals surface area contributed by atoms with Gasteiger partial charge in [-0.05, 0) is 55.3 Å². The number of alkyl halides is 9. The van der Waals surface area contributed by atoms with Crippen molar-refractivity contribution in [1.29, 1.82) is 0 Å². The van der Waals surface area contributed by atoms with Gasteiger partial charge in [0, 0.05) is 12.1 Å². The summed E-state index contributed by atoms with van der Waals surface area (Å²) in [7, 11) is 0. The zero-order valence-electron chi connectivity index (χ0n) is 17.7. The topological polar surface area (TPSA) is 46.6 Å². The lowest BCUT2D eigenvalue weighted by Gasteiger charge is -2.33. The number of nitrogens with zero attached hydrogens (tertiary/aromatic N) is 1. The molecule has 0 bridgehead atoms. The van der Waals surface area contributed by atoms with Gasteiger partial charge < -0.3 is 4.74 Å². The van der Waals surface area contributed by atoms with Crippen molar-refractivity contribution in [2.24, 2.45) is 0 Å². The van der Waals surface area contributed by atoms with Crippen LogP contribution in [-0.2, 0) is 23.3 Å². The first kappa shape index (κ1) is 26.4. The lowest BCUT2D eigenvalue weighted by atomic mass is 9.82. The molecule has 1 atom stereocenters. The molecule has 35 heavy (non-hydrogen) atoms. The van der Waals surface area contributed by atoms with Gasteiger partial charge in [0.05, 0.1) is 34.9 Å². The molecule has 4 nitrogen and oxygen atoms in total.